The molecule has 1 fully saturated rings. The van der Waals surface area contributed by atoms with Gasteiger partial charge < -0.3 is 5.32 Å². The van der Waals surface area contributed by atoms with Gasteiger partial charge in [0.1, 0.15) is 6.54 Å². The van der Waals surface area contributed by atoms with Gasteiger partial charge >= 0.3 is 0 Å². The van der Waals surface area contributed by atoms with Crippen LogP contribution in [-0.2, 0) is 24.8 Å². The van der Waals surface area contributed by atoms with Crippen molar-refractivity contribution in [3.63, 3.8) is 0 Å². The number of nitrogens with zero attached hydrogens (tertiary/aromatic N) is 2. The maximum atomic E-state index is 13.0. The van der Waals surface area contributed by atoms with Gasteiger partial charge in [0.15, 0.2) is 0 Å². The zero-order chi connectivity index (χ0) is 25.1. The van der Waals surface area contributed by atoms with E-state index in [0.29, 0.717) is 24.5 Å². The molecule has 4 rings (SSSR count). The molecule has 0 radical (unpaired) electrons. The molecule has 1 amide bonds. The van der Waals surface area contributed by atoms with Gasteiger partial charge in [0.2, 0.25) is 26.0 Å². The summed E-state index contributed by atoms with van der Waals surface area (Å²) in [7, 11) is -7.34. The maximum absolute atomic E-state index is 13.0. The van der Waals surface area contributed by atoms with E-state index in [2.05, 4.69) is 5.32 Å². The van der Waals surface area contributed by atoms with Crippen LogP contribution in [0.3, 0.4) is 0 Å². The molecule has 0 atom stereocenters. The van der Waals surface area contributed by atoms with Gasteiger partial charge in [-0.25, -0.2) is 16.8 Å². The van der Waals surface area contributed by atoms with Crippen LogP contribution in [0.15, 0.2) is 71.6 Å². The van der Waals surface area contributed by atoms with Crippen LogP contribution in [0.4, 0.5) is 11.4 Å². The number of amides is 1. The van der Waals surface area contributed by atoms with Gasteiger partial charge in [0.05, 0.1) is 16.8 Å². The number of benzene rings is 3. The summed E-state index contributed by atoms with van der Waals surface area (Å²) in [6, 6.07) is 18.6. The fourth-order valence-electron chi connectivity index (χ4n) is 4.28. The van der Waals surface area contributed by atoms with Gasteiger partial charge in [-0.3, -0.25) is 9.10 Å². The van der Waals surface area contributed by atoms with E-state index in [9.17, 15) is 21.6 Å². The predicted octanol–water partition coefficient (Wildman–Crippen LogP) is 3.81. The second-order valence-electron chi connectivity index (χ2n) is 8.66. The number of carbonyl (C=O) groups is 1. The summed E-state index contributed by atoms with van der Waals surface area (Å²) in [5.41, 5.74) is 0.802. The molecule has 0 aliphatic carbocycles. The summed E-state index contributed by atoms with van der Waals surface area (Å²) >= 11 is 0. The molecular formula is C25H29N3O5S2. The first-order chi connectivity index (χ1) is 16.7. The summed E-state index contributed by atoms with van der Waals surface area (Å²) in [4.78, 5) is 13.0. The van der Waals surface area contributed by atoms with Crippen molar-refractivity contribution in [1.82, 2.24) is 4.31 Å². The molecule has 0 unspecified atom stereocenters. The van der Waals surface area contributed by atoms with Crippen molar-refractivity contribution in [2.45, 2.75) is 30.6 Å². The molecule has 1 aliphatic heterocycles. The Bertz CT molecular complexity index is 1410. The molecule has 0 bridgehead atoms. The molecule has 3 aromatic rings. The summed E-state index contributed by atoms with van der Waals surface area (Å²) in [6.07, 6.45) is 4.81. The van der Waals surface area contributed by atoms with E-state index in [1.54, 1.807) is 12.1 Å². The average molecular weight is 516 g/mol. The van der Waals surface area contributed by atoms with Crippen LogP contribution in [0.1, 0.15) is 25.7 Å². The first-order valence-corrected chi connectivity index (χ1v) is 14.8. The number of rotatable bonds is 7. The quantitative estimate of drug-likeness (QED) is 0.515. The molecule has 8 nitrogen and oxygen atoms in total. The van der Waals surface area contributed by atoms with Crippen LogP contribution in [0.25, 0.3) is 10.8 Å². The number of fused-ring (bicyclic) bond motifs is 1. The van der Waals surface area contributed by atoms with Gasteiger partial charge in [-0.1, -0.05) is 49.2 Å². The molecular weight excluding hydrogens is 486 g/mol. The minimum absolute atomic E-state index is 0.172. The third-order valence-electron chi connectivity index (χ3n) is 6.06. The average Bonchev–Trinajstić information content (AvgIpc) is 3.12. The lowest BCUT2D eigenvalue weighted by atomic mass is 10.1. The van der Waals surface area contributed by atoms with E-state index in [4.69, 9.17) is 0 Å². The zero-order valence-corrected chi connectivity index (χ0v) is 21.2. The van der Waals surface area contributed by atoms with Crippen LogP contribution in [0.2, 0.25) is 0 Å². The monoisotopic (exact) mass is 515 g/mol. The van der Waals surface area contributed by atoms with Crippen molar-refractivity contribution in [3.05, 3.63) is 66.7 Å². The number of carbonyl (C=O) groups excluding carboxylic acids is 1. The van der Waals surface area contributed by atoms with E-state index in [1.807, 2.05) is 30.3 Å². The molecule has 0 spiro atoms. The highest BCUT2D eigenvalue weighted by atomic mass is 32.2. The van der Waals surface area contributed by atoms with E-state index in [0.717, 1.165) is 47.0 Å². The molecule has 3 aromatic carbocycles. The van der Waals surface area contributed by atoms with Gasteiger partial charge in [0, 0.05) is 24.2 Å². The third kappa shape index (κ3) is 5.83. The number of nitrogens with one attached hydrogen (secondary N) is 1. The van der Waals surface area contributed by atoms with Crippen molar-refractivity contribution in [2.24, 2.45) is 0 Å². The highest BCUT2D eigenvalue weighted by Crippen LogP contribution is 2.28. The predicted molar refractivity (Wildman–Crippen MR) is 138 cm³/mol. The SMILES string of the molecule is CS(=O)(=O)N(CC(=O)Nc1ccc(S(=O)(=O)N2CCCCCC2)cc1)c1cccc2ccccc12. The van der Waals surface area contributed by atoms with E-state index >= 15 is 0 Å². The number of hydrogen-bond donors (Lipinski definition) is 1. The Morgan fingerprint density at radius 1 is 0.857 bits per heavy atom. The first-order valence-electron chi connectivity index (χ1n) is 11.5. The zero-order valence-electron chi connectivity index (χ0n) is 19.6. The smallest absolute Gasteiger partial charge is 0.245 e. The highest BCUT2D eigenvalue weighted by molar-refractivity contribution is 7.92. The van der Waals surface area contributed by atoms with Gasteiger partial charge in [-0.15, -0.1) is 0 Å². The highest BCUT2D eigenvalue weighted by Gasteiger charge is 2.26. The standard InChI is InChI=1S/C25H29N3O5S2/c1-34(30,31)28(24-12-8-10-20-9-4-5-11-23(20)24)19-25(29)26-21-13-15-22(16-14-21)35(32,33)27-17-6-2-3-7-18-27/h4-5,8-16H,2-3,6-7,17-19H2,1H3,(H,26,29). The summed E-state index contributed by atoms with van der Waals surface area (Å²) in [6.45, 7) is 0.604. The van der Waals surface area contributed by atoms with Crippen LogP contribution < -0.4 is 9.62 Å². The maximum Gasteiger partial charge on any atom is 0.245 e. The lowest BCUT2D eigenvalue weighted by molar-refractivity contribution is -0.114. The van der Waals surface area contributed by atoms with Gasteiger partial charge in [0.25, 0.3) is 0 Å². The number of anilines is 2. The minimum atomic E-state index is -3.75. The molecule has 35 heavy (non-hydrogen) atoms. The summed E-state index contributed by atoms with van der Waals surface area (Å²) in [5.74, 6) is -0.536. The van der Waals surface area contributed by atoms with Gasteiger partial charge in [-0.05, 0) is 48.6 Å². The van der Waals surface area contributed by atoms with Crippen molar-refractivity contribution in [3.8, 4) is 0 Å². The molecule has 1 heterocycles. The fourth-order valence-corrected chi connectivity index (χ4v) is 6.66. The second-order valence-corrected chi connectivity index (χ2v) is 12.5. The Hall–Kier alpha value is -2.95. The lowest BCUT2D eigenvalue weighted by Gasteiger charge is -2.23. The lowest BCUT2D eigenvalue weighted by Crippen LogP contribution is -2.37. The van der Waals surface area contributed by atoms with Crippen molar-refractivity contribution in [2.75, 3.05) is 35.5 Å². The molecule has 0 aromatic heterocycles. The fraction of sp³-hybridized carbons (Fsp3) is 0.320. The Morgan fingerprint density at radius 2 is 1.49 bits per heavy atom. The van der Waals surface area contributed by atoms with Crippen LogP contribution >= 0.6 is 0 Å². The van der Waals surface area contributed by atoms with E-state index < -0.39 is 32.5 Å². The molecule has 0 saturated carbocycles. The second kappa shape index (κ2) is 10.3. The third-order valence-corrected chi connectivity index (χ3v) is 9.10. The molecule has 186 valence electrons. The number of hydrogen-bond acceptors (Lipinski definition) is 5. The Morgan fingerprint density at radius 3 is 2.14 bits per heavy atom. The van der Waals surface area contributed by atoms with Gasteiger partial charge in [-0.2, -0.15) is 4.31 Å². The first kappa shape index (κ1) is 25.2. The molecule has 1 aliphatic rings. The summed E-state index contributed by atoms with van der Waals surface area (Å²) in [5, 5.41) is 4.26. The van der Waals surface area contributed by atoms with Crippen molar-refractivity contribution in [1.29, 1.82) is 0 Å². The Kier molecular flexibility index (Phi) is 7.44. The topological polar surface area (TPSA) is 104 Å². The normalized spacial score (nSPS) is 15.5. The van der Waals surface area contributed by atoms with E-state index in [-0.39, 0.29) is 4.90 Å². The van der Waals surface area contributed by atoms with Crippen LogP contribution in [0, 0.1) is 0 Å². The number of sulfonamides is 2. The molecule has 1 saturated heterocycles. The molecule has 1 N–H and O–H groups in total. The van der Waals surface area contributed by atoms with Crippen molar-refractivity contribution >= 4 is 48.1 Å². The van der Waals surface area contributed by atoms with E-state index in [1.165, 1.54) is 28.6 Å². The Balaban J connectivity index is 1.51. The summed E-state index contributed by atoms with van der Waals surface area (Å²) < 4.78 is 53.6. The van der Waals surface area contributed by atoms with Crippen molar-refractivity contribution < 1.29 is 21.6 Å². The Labute approximate surface area is 206 Å². The minimum Gasteiger partial charge on any atom is -0.325 e. The molecule has 10 heteroatoms. The van der Waals surface area contributed by atoms with Crippen LogP contribution in [0.5, 0.6) is 0 Å². The van der Waals surface area contributed by atoms with Crippen LogP contribution in [-0.4, -0.2) is 52.9 Å². The largest absolute Gasteiger partial charge is 0.325 e.